The lowest BCUT2D eigenvalue weighted by atomic mass is 10.0. The van der Waals surface area contributed by atoms with Crippen molar-refractivity contribution in [3.8, 4) is 33.9 Å². The molecule has 0 amide bonds. The molecule has 32 heavy (non-hydrogen) atoms. The molecule has 0 aliphatic rings. The molecule has 2 aromatic carbocycles. The Bertz CT molecular complexity index is 1610. The lowest BCUT2D eigenvalue weighted by Gasteiger charge is -2.04. The van der Waals surface area contributed by atoms with Crippen LogP contribution < -0.4 is 0 Å². The predicted octanol–water partition coefficient (Wildman–Crippen LogP) is 5.68. The molecule has 4 aromatic heterocycles. The van der Waals surface area contributed by atoms with Crippen LogP contribution in [0.5, 0.6) is 0 Å². The fraction of sp³-hybridized carbons (Fsp3) is 0.0400. The van der Waals surface area contributed by atoms with Crippen LogP contribution in [0.3, 0.4) is 0 Å². The van der Waals surface area contributed by atoms with Gasteiger partial charge in [-0.15, -0.1) is 0 Å². The maximum Gasteiger partial charge on any atom is 0.159 e. The molecule has 0 radical (unpaired) electrons. The zero-order chi connectivity index (χ0) is 21.7. The summed E-state index contributed by atoms with van der Waals surface area (Å²) in [6.07, 6.45) is 5.34. The number of benzene rings is 2. The van der Waals surface area contributed by atoms with Gasteiger partial charge in [0.25, 0.3) is 0 Å². The first-order chi connectivity index (χ1) is 15.7. The van der Waals surface area contributed by atoms with Gasteiger partial charge in [0.15, 0.2) is 5.82 Å². The van der Waals surface area contributed by atoms with Crippen LogP contribution in [0.25, 0.3) is 55.8 Å². The van der Waals surface area contributed by atoms with Gasteiger partial charge in [0.05, 0.1) is 28.4 Å². The van der Waals surface area contributed by atoms with Gasteiger partial charge in [-0.05, 0) is 36.8 Å². The second-order valence-electron chi connectivity index (χ2n) is 7.64. The number of imidazole rings is 1. The van der Waals surface area contributed by atoms with E-state index in [9.17, 15) is 4.39 Å². The molecule has 4 heterocycles. The van der Waals surface area contributed by atoms with Crippen LogP contribution in [0.15, 0.2) is 73.2 Å². The molecule has 7 heteroatoms. The van der Waals surface area contributed by atoms with Crippen molar-refractivity contribution in [1.82, 2.24) is 30.1 Å². The van der Waals surface area contributed by atoms with Crippen molar-refractivity contribution in [1.29, 1.82) is 0 Å². The van der Waals surface area contributed by atoms with E-state index in [2.05, 4.69) is 25.1 Å². The summed E-state index contributed by atoms with van der Waals surface area (Å²) in [5, 5.41) is 8.41. The Hall–Kier alpha value is -4.39. The van der Waals surface area contributed by atoms with Crippen LogP contribution in [0.4, 0.5) is 4.39 Å². The van der Waals surface area contributed by atoms with Crippen LogP contribution in [-0.4, -0.2) is 30.1 Å². The molecule has 0 bridgehead atoms. The molecule has 0 aliphatic heterocycles. The van der Waals surface area contributed by atoms with Gasteiger partial charge < -0.3 is 4.98 Å². The zero-order valence-electron chi connectivity index (χ0n) is 17.1. The monoisotopic (exact) mass is 420 g/mol. The summed E-state index contributed by atoms with van der Waals surface area (Å²) in [6, 6.07) is 16.4. The van der Waals surface area contributed by atoms with E-state index in [1.165, 1.54) is 6.07 Å². The number of hydrogen-bond donors (Lipinski definition) is 2. The van der Waals surface area contributed by atoms with Gasteiger partial charge in [0.1, 0.15) is 11.5 Å². The Morgan fingerprint density at radius 1 is 0.875 bits per heavy atom. The average Bonchev–Trinajstić information content (AvgIpc) is 3.43. The van der Waals surface area contributed by atoms with Crippen molar-refractivity contribution >= 4 is 21.9 Å². The van der Waals surface area contributed by atoms with E-state index < -0.39 is 0 Å². The number of aromatic amines is 2. The fourth-order valence-electron chi connectivity index (χ4n) is 4.02. The van der Waals surface area contributed by atoms with Crippen molar-refractivity contribution in [2.45, 2.75) is 6.92 Å². The van der Waals surface area contributed by atoms with Gasteiger partial charge in [0.2, 0.25) is 0 Å². The number of pyridine rings is 2. The van der Waals surface area contributed by atoms with Crippen LogP contribution in [0, 0.1) is 12.7 Å². The molecule has 0 saturated carbocycles. The first-order valence-corrected chi connectivity index (χ1v) is 10.2. The lowest BCUT2D eigenvalue weighted by molar-refractivity contribution is 0.631. The normalized spacial score (nSPS) is 11.4. The Morgan fingerprint density at radius 3 is 2.62 bits per heavy atom. The van der Waals surface area contributed by atoms with E-state index in [4.69, 9.17) is 4.98 Å². The van der Waals surface area contributed by atoms with Crippen molar-refractivity contribution in [2.75, 3.05) is 0 Å². The van der Waals surface area contributed by atoms with Crippen LogP contribution in [-0.2, 0) is 0 Å². The second kappa shape index (κ2) is 7.09. The highest BCUT2D eigenvalue weighted by atomic mass is 19.1. The van der Waals surface area contributed by atoms with Crippen molar-refractivity contribution in [2.24, 2.45) is 0 Å². The third-order valence-corrected chi connectivity index (χ3v) is 5.66. The van der Waals surface area contributed by atoms with Crippen LogP contribution >= 0.6 is 0 Å². The fourth-order valence-corrected chi connectivity index (χ4v) is 4.02. The van der Waals surface area contributed by atoms with E-state index in [1.54, 1.807) is 24.5 Å². The maximum atomic E-state index is 14.5. The summed E-state index contributed by atoms with van der Waals surface area (Å²) in [6.45, 7) is 2.03. The number of halogens is 1. The zero-order valence-corrected chi connectivity index (χ0v) is 17.1. The first-order valence-electron chi connectivity index (χ1n) is 10.2. The number of fused-ring (bicyclic) bond motifs is 2. The molecule has 6 aromatic rings. The molecule has 154 valence electrons. The van der Waals surface area contributed by atoms with E-state index in [0.717, 1.165) is 38.8 Å². The smallest absolute Gasteiger partial charge is 0.159 e. The lowest BCUT2D eigenvalue weighted by Crippen LogP contribution is -1.89. The number of aryl methyl sites for hydroxylation is 1. The Labute approximate surface area is 182 Å². The van der Waals surface area contributed by atoms with Crippen LogP contribution in [0.2, 0.25) is 0 Å². The van der Waals surface area contributed by atoms with E-state index in [0.29, 0.717) is 22.6 Å². The van der Waals surface area contributed by atoms with Crippen molar-refractivity contribution < 1.29 is 4.39 Å². The summed E-state index contributed by atoms with van der Waals surface area (Å²) < 4.78 is 14.5. The van der Waals surface area contributed by atoms with E-state index in [1.807, 2.05) is 49.5 Å². The topological polar surface area (TPSA) is 83.1 Å². The standard InChI is InChI=1S/C25H17FN6/c1-14-9-10-27-12-18(14)21-11-17-22(13-28-21)31-32-24(17)25-29-20-8-4-6-16(23(20)30-25)15-5-2-3-7-19(15)26/h2-13H,1H3,(H,29,30)(H,31,32). The number of para-hydroxylation sites is 1. The van der Waals surface area contributed by atoms with Gasteiger partial charge in [0, 0.05) is 34.5 Å². The SMILES string of the molecule is Cc1ccncc1-c1cc2c(-c3nc4c(-c5ccccc5F)cccc4[nH]3)n[nH]c2cn1. The molecular formula is C25H17FN6. The first kappa shape index (κ1) is 18.4. The predicted molar refractivity (Wildman–Crippen MR) is 122 cm³/mol. The number of nitrogens with one attached hydrogen (secondary N) is 2. The van der Waals surface area contributed by atoms with Gasteiger partial charge in [-0.2, -0.15) is 5.10 Å². The summed E-state index contributed by atoms with van der Waals surface area (Å²) in [4.78, 5) is 16.9. The highest BCUT2D eigenvalue weighted by Gasteiger charge is 2.17. The van der Waals surface area contributed by atoms with E-state index in [-0.39, 0.29) is 5.82 Å². The number of H-pyrrole nitrogens is 2. The maximum absolute atomic E-state index is 14.5. The molecule has 6 nitrogen and oxygen atoms in total. The molecule has 2 N–H and O–H groups in total. The third-order valence-electron chi connectivity index (χ3n) is 5.66. The number of hydrogen-bond acceptors (Lipinski definition) is 4. The van der Waals surface area contributed by atoms with Crippen LogP contribution in [0.1, 0.15) is 5.56 Å². The van der Waals surface area contributed by atoms with Crippen molar-refractivity contribution in [3.05, 3.63) is 84.6 Å². The molecule has 0 spiro atoms. The molecular weight excluding hydrogens is 403 g/mol. The summed E-state index contributed by atoms with van der Waals surface area (Å²) in [5.74, 6) is 0.326. The highest BCUT2D eigenvalue weighted by molar-refractivity contribution is 5.97. The highest BCUT2D eigenvalue weighted by Crippen LogP contribution is 2.33. The minimum atomic E-state index is -0.280. The molecule has 0 unspecified atom stereocenters. The minimum Gasteiger partial charge on any atom is -0.337 e. The van der Waals surface area contributed by atoms with Gasteiger partial charge in [-0.3, -0.25) is 15.1 Å². The number of rotatable bonds is 3. The van der Waals surface area contributed by atoms with Crippen molar-refractivity contribution in [3.63, 3.8) is 0 Å². The Morgan fingerprint density at radius 2 is 1.75 bits per heavy atom. The Kier molecular flexibility index (Phi) is 4.07. The molecule has 0 saturated heterocycles. The Balaban J connectivity index is 1.53. The average molecular weight is 420 g/mol. The number of nitrogens with zero attached hydrogens (tertiary/aromatic N) is 4. The summed E-state index contributed by atoms with van der Waals surface area (Å²) in [7, 11) is 0. The molecule has 0 aliphatic carbocycles. The van der Waals surface area contributed by atoms with Gasteiger partial charge in [-0.1, -0.05) is 30.3 Å². The number of aromatic nitrogens is 6. The molecule has 6 rings (SSSR count). The molecule has 0 atom stereocenters. The second-order valence-corrected chi connectivity index (χ2v) is 7.64. The minimum absolute atomic E-state index is 0.280. The summed E-state index contributed by atoms with van der Waals surface area (Å²) in [5.41, 5.74) is 7.12. The van der Waals surface area contributed by atoms with E-state index >= 15 is 0 Å². The summed E-state index contributed by atoms with van der Waals surface area (Å²) >= 11 is 0. The van der Waals surface area contributed by atoms with Gasteiger partial charge >= 0.3 is 0 Å². The van der Waals surface area contributed by atoms with Gasteiger partial charge in [-0.25, -0.2) is 9.37 Å². The quantitative estimate of drug-likeness (QED) is 0.386. The molecule has 0 fully saturated rings. The third kappa shape index (κ3) is 2.86. The largest absolute Gasteiger partial charge is 0.337 e.